The molecule has 0 bridgehead atoms. The lowest BCUT2D eigenvalue weighted by Gasteiger charge is -2.27. The Morgan fingerprint density at radius 1 is 1.31 bits per heavy atom. The first kappa shape index (κ1) is 19.0. The molecule has 1 fully saturated rings. The number of sulfonamides is 1. The van der Waals surface area contributed by atoms with Gasteiger partial charge in [0.1, 0.15) is 11.6 Å². The van der Waals surface area contributed by atoms with E-state index in [0.717, 1.165) is 5.56 Å². The molecule has 8 heteroatoms. The lowest BCUT2D eigenvalue weighted by atomic mass is 9.82. The summed E-state index contributed by atoms with van der Waals surface area (Å²) in [4.78, 5) is 4.19. The van der Waals surface area contributed by atoms with Crippen LogP contribution in [-0.2, 0) is 23.0 Å². The van der Waals surface area contributed by atoms with Gasteiger partial charge in [-0.2, -0.15) is 4.31 Å². The van der Waals surface area contributed by atoms with E-state index in [0.29, 0.717) is 31.8 Å². The minimum absolute atomic E-state index is 0.0485. The van der Waals surface area contributed by atoms with Crippen molar-refractivity contribution < 1.29 is 17.9 Å². The van der Waals surface area contributed by atoms with Crippen molar-refractivity contribution in [2.45, 2.75) is 38.3 Å². The van der Waals surface area contributed by atoms with Crippen LogP contribution in [0.15, 0.2) is 35.5 Å². The van der Waals surface area contributed by atoms with Crippen molar-refractivity contribution in [2.24, 2.45) is 5.41 Å². The molecule has 0 amide bonds. The van der Waals surface area contributed by atoms with Gasteiger partial charge in [0.15, 0.2) is 5.03 Å². The van der Waals surface area contributed by atoms with E-state index in [1.165, 1.54) is 16.4 Å². The zero-order chi connectivity index (χ0) is 18.9. The molecule has 2 heterocycles. The van der Waals surface area contributed by atoms with Gasteiger partial charge in [-0.15, -0.1) is 0 Å². The fourth-order valence-corrected chi connectivity index (χ4v) is 5.07. The lowest BCUT2D eigenvalue weighted by Crippen LogP contribution is -2.35. The highest BCUT2D eigenvalue weighted by Crippen LogP contribution is 2.36. The van der Waals surface area contributed by atoms with Crippen molar-refractivity contribution in [3.05, 3.63) is 47.7 Å². The van der Waals surface area contributed by atoms with E-state index < -0.39 is 15.4 Å². The third kappa shape index (κ3) is 3.54. The minimum atomic E-state index is -3.70. The fraction of sp³-hybridized carbons (Fsp3) is 0.500. The summed E-state index contributed by atoms with van der Waals surface area (Å²) in [5.74, 6) is 0.342. The second-order valence-electron chi connectivity index (χ2n) is 6.96. The number of hydrogen-bond donors (Lipinski definition) is 1. The maximum Gasteiger partial charge on any atom is 0.262 e. The van der Waals surface area contributed by atoms with Crippen LogP contribution in [0.1, 0.15) is 24.7 Å². The molecule has 0 radical (unpaired) electrons. The molecule has 142 valence electrons. The largest absolute Gasteiger partial charge is 0.396 e. The van der Waals surface area contributed by atoms with E-state index in [-0.39, 0.29) is 24.0 Å². The smallest absolute Gasteiger partial charge is 0.262 e. The molecule has 0 saturated carbocycles. The standard InChI is InChI=1S/C18H24FN3O3S/c1-3-21-11-17(20-14(21)2)26(24,25)22-9-8-18(12-22,13-23)10-15-4-6-16(19)7-5-15/h4-7,11,23H,3,8-10,12-13H2,1-2H3. The summed E-state index contributed by atoms with van der Waals surface area (Å²) in [6, 6.07) is 6.11. The van der Waals surface area contributed by atoms with Gasteiger partial charge in [0.05, 0.1) is 6.61 Å². The van der Waals surface area contributed by atoms with Gasteiger partial charge in [0.25, 0.3) is 10.0 Å². The van der Waals surface area contributed by atoms with Gasteiger partial charge >= 0.3 is 0 Å². The summed E-state index contributed by atoms with van der Waals surface area (Å²) in [6.07, 6.45) is 2.61. The zero-order valence-corrected chi connectivity index (χ0v) is 15.8. The van der Waals surface area contributed by atoms with E-state index in [4.69, 9.17) is 0 Å². The Kier molecular flexibility index (Phi) is 5.18. The van der Waals surface area contributed by atoms with Crippen LogP contribution in [0.5, 0.6) is 0 Å². The SMILES string of the molecule is CCn1cc(S(=O)(=O)N2CCC(CO)(Cc3ccc(F)cc3)C2)nc1C. The first-order chi connectivity index (χ1) is 12.3. The fourth-order valence-electron chi connectivity index (χ4n) is 3.52. The number of aromatic nitrogens is 2. The molecule has 1 saturated heterocycles. The zero-order valence-electron chi connectivity index (χ0n) is 15.0. The molecular formula is C18H24FN3O3S. The summed E-state index contributed by atoms with van der Waals surface area (Å²) >= 11 is 0. The first-order valence-electron chi connectivity index (χ1n) is 8.69. The summed E-state index contributed by atoms with van der Waals surface area (Å²) in [7, 11) is -3.70. The Bertz CT molecular complexity index is 880. The molecule has 1 aliphatic rings. The minimum Gasteiger partial charge on any atom is -0.396 e. The number of halogens is 1. The Labute approximate surface area is 153 Å². The van der Waals surface area contributed by atoms with Crippen LogP contribution in [-0.4, -0.2) is 47.1 Å². The molecule has 1 N–H and O–H groups in total. The van der Waals surface area contributed by atoms with E-state index in [2.05, 4.69) is 4.98 Å². The Morgan fingerprint density at radius 2 is 2.00 bits per heavy atom. The summed E-state index contributed by atoms with van der Waals surface area (Å²) in [6.45, 7) is 4.79. The second-order valence-corrected chi connectivity index (χ2v) is 8.85. The molecule has 6 nitrogen and oxygen atoms in total. The molecular weight excluding hydrogens is 357 g/mol. The van der Waals surface area contributed by atoms with Gasteiger partial charge in [0.2, 0.25) is 0 Å². The van der Waals surface area contributed by atoms with Crippen molar-refractivity contribution >= 4 is 10.0 Å². The normalized spacial score (nSPS) is 21.4. The summed E-state index contributed by atoms with van der Waals surface area (Å²) < 4.78 is 42.2. The van der Waals surface area contributed by atoms with Gasteiger partial charge in [-0.3, -0.25) is 0 Å². The van der Waals surface area contributed by atoms with Crippen LogP contribution < -0.4 is 0 Å². The van der Waals surface area contributed by atoms with E-state index in [1.807, 2.05) is 6.92 Å². The molecule has 0 aliphatic carbocycles. The topological polar surface area (TPSA) is 75.4 Å². The van der Waals surface area contributed by atoms with Crippen molar-refractivity contribution in [3.63, 3.8) is 0 Å². The predicted molar refractivity (Wildman–Crippen MR) is 95.6 cm³/mol. The number of imidazole rings is 1. The molecule has 1 aromatic heterocycles. The van der Waals surface area contributed by atoms with Crippen LogP contribution in [0.4, 0.5) is 4.39 Å². The average molecular weight is 381 g/mol. The molecule has 3 rings (SSSR count). The van der Waals surface area contributed by atoms with Crippen molar-refractivity contribution in [1.29, 1.82) is 0 Å². The maximum atomic E-state index is 13.1. The van der Waals surface area contributed by atoms with Crippen LogP contribution in [0.25, 0.3) is 0 Å². The monoisotopic (exact) mass is 381 g/mol. The average Bonchev–Trinajstić information content (AvgIpc) is 3.22. The summed E-state index contributed by atoms with van der Waals surface area (Å²) in [5.41, 5.74) is 0.318. The van der Waals surface area contributed by atoms with Crippen LogP contribution >= 0.6 is 0 Å². The highest BCUT2D eigenvalue weighted by atomic mass is 32.2. The first-order valence-corrected chi connectivity index (χ1v) is 10.1. The van der Waals surface area contributed by atoms with Crippen LogP contribution in [0.3, 0.4) is 0 Å². The molecule has 1 aromatic carbocycles. The van der Waals surface area contributed by atoms with Gasteiger partial charge in [-0.05, 0) is 44.4 Å². The second kappa shape index (κ2) is 7.09. The highest BCUT2D eigenvalue weighted by molar-refractivity contribution is 7.89. The predicted octanol–water partition coefficient (Wildman–Crippen LogP) is 1.97. The third-order valence-corrected chi connectivity index (χ3v) is 6.85. The lowest BCUT2D eigenvalue weighted by molar-refractivity contribution is 0.137. The molecule has 0 spiro atoms. The molecule has 2 aromatic rings. The number of aliphatic hydroxyl groups excluding tert-OH is 1. The Hall–Kier alpha value is -1.77. The van der Waals surface area contributed by atoms with Crippen molar-refractivity contribution in [2.75, 3.05) is 19.7 Å². The number of hydrogen-bond acceptors (Lipinski definition) is 4. The van der Waals surface area contributed by atoms with Crippen LogP contribution in [0, 0.1) is 18.2 Å². The number of aryl methyl sites for hydroxylation is 2. The molecule has 1 unspecified atom stereocenters. The summed E-state index contributed by atoms with van der Waals surface area (Å²) in [5, 5.41) is 10.0. The van der Waals surface area contributed by atoms with Crippen molar-refractivity contribution in [3.8, 4) is 0 Å². The van der Waals surface area contributed by atoms with E-state index >= 15 is 0 Å². The van der Waals surface area contributed by atoms with E-state index in [1.54, 1.807) is 29.8 Å². The quantitative estimate of drug-likeness (QED) is 0.830. The van der Waals surface area contributed by atoms with E-state index in [9.17, 15) is 17.9 Å². The number of aliphatic hydroxyl groups is 1. The molecule has 1 atom stereocenters. The number of rotatable bonds is 6. The Morgan fingerprint density at radius 3 is 2.58 bits per heavy atom. The van der Waals surface area contributed by atoms with Gasteiger partial charge in [-0.25, -0.2) is 17.8 Å². The highest BCUT2D eigenvalue weighted by Gasteiger charge is 2.43. The number of benzene rings is 1. The van der Waals surface area contributed by atoms with Crippen molar-refractivity contribution in [1.82, 2.24) is 13.9 Å². The van der Waals surface area contributed by atoms with Gasteiger partial charge in [-0.1, -0.05) is 12.1 Å². The third-order valence-electron chi connectivity index (χ3n) is 5.13. The Balaban J connectivity index is 1.81. The molecule has 1 aliphatic heterocycles. The number of nitrogens with zero attached hydrogens (tertiary/aromatic N) is 3. The maximum absolute atomic E-state index is 13.1. The van der Waals surface area contributed by atoms with Gasteiger partial charge in [0, 0.05) is 31.2 Å². The molecule has 26 heavy (non-hydrogen) atoms. The van der Waals surface area contributed by atoms with Crippen LogP contribution in [0.2, 0.25) is 0 Å². The van der Waals surface area contributed by atoms with Gasteiger partial charge < -0.3 is 9.67 Å².